The fraction of sp³-hybridized carbons (Fsp3) is 0.439. The number of nitrogens with one attached hydrogen (secondary N) is 2. The second-order valence-corrected chi connectivity index (χ2v) is 11.8. The van der Waals surface area contributed by atoms with Crippen LogP contribution in [0.25, 0.3) is 27.9 Å². The number of carbonyl (C=O) groups excluding carboxylic acids is 1. The van der Waals surface area contributed by atoms with Crippen LogP contribution in [0.4, 0.5) is 4.39 Å². The minimum absolute atomic E-state index is 0. The van der Waals surface area contributed by atoms with Gasteiger partial charge in [0, 0.05) is 54.6 Å². The van der Waals surface area contributed by atoms with Crippen LogP contribution in [0, 0.1) is 25.6 Å². The molecule has 1 amide bonds. The van der Waals surface area contributed by atoms with E-state index in [1.807, 2.05) is 38.2 Å². The number of hydrogen-bond acceptors (Lipinski definition) is 5. The fourth-order valence-corrected chi connectivity index (χ4v) is 4.97. The maximum absolute atomic E-state index is 13.5. The molecule has 1 aliphatic rings. The standard InChI is InChI=1S/C31H34FN3.C4H8.C3H8N2O.C2H6.CH4/c1-6-20(3)28-19-27(35-31(22(28)5)23-10-12-26(32)13-11-23)14-16-33-29(7-2)25-17-21(4)30-24(18-25)9-8-15-34-30;1-4-2-3-4;4-1-2-5-3-6;1-2;/h7-13,15,17-20,33H,6,14,16H2,1-5H3;4H,2-3H2,1H3;3H,1-2,4H2,(H,5,6);1-2H3;1H4/b29-7-;;;;. The van der Waals surface area contributed by atoms with E-state index in [1.165, 1.54) is 41.7 Å². The van der Waals surface area contributed by atoms with Crippen LogP contribution in [-0.4, -0.2) is 36.0 Å². The molecule has 2 aromatic heterocycles. The van der Waals surface area contributed by atoms with E-state index in [-0.39, 0.29) is 13.2 Å². The van der Waals surface area contributed by atoms with Gasteiger partial charge in [0.05, 0.1) is 11.2 Å². The van der Waals surface area contributed by atoms with Crippen molar-refractivity contribution in [2.75, 3.05) is 19.6 Å². The Hall–Kier alpha value is -4.10. The normalized spacial score (nSPS) is 12.5. The molecule has 6 nitrogen and oxygen atoms in total. The molecule has 262 valence electrons. The first-order valence-corrected chi connectivity index (χ1v) is 17.1. The van der Waals surface area contributed by atoms with E-state index >= 15 is 0 Å². The number of pyridine rings is 2. The lowest BCUT2D eigenvalue weighted by Crippen LogP contribution is -2.20. The summed E-state index contributed by atoms with van der Waals surface area (Å²) in [6.07, 6.45) is 9.42. The minimum atomic E-state index is -0.229. The van der Waals surface area contributed by atoms with Crippen LogP contribution in [0.2, 0.25) is 0 Å². The van der Waals surface area contributed by atoms with Crippen molar-refractivity contribution in [2.24, 2.45) is 11.7 Å². The van der Waals surface area contributed by atoms with E-state index in [9.17, 15) is 9.18 Å². The van der Waals surface area contributed by atoms with Crippen molar-refractivity contribution in [2.45, 2.75) is 94.4 Å². The molecule has 1 aliphatic carbocycles. The Bertz CT molecular complexity index is 1550. The molecule has 0 saturated heterocycles. The van der Waals surface area contributed by atoms with E-state index in [4.69, 9.17) is 10.7 Å². The lowest BCUT2D eigenvalue weighted by Gasteiger charge is -2.19. The number of fused-ring (bicyclic) bond motifs is 1. The summed E-state index contributed by atoms with van der Waals surface area (Å²) in [5.41, 5.74) is 14.9. The maximum Gasteiger partial charge on any atom is 0.207 e. The highest BCUT2D eigenvalue weighted by Gasteiger charge is 2.15. The third-order valence-corrected chi connectivity index (χ3v) is 8.06. The molecule has 7 heteroatoms. The largest absolute Gasteiger partial charge is 0.384 e. The van der Waals surface area contributed by atoms with Crippen molar-refractivity contribution in [1.82, 2.24) is 20.6 Å². The van der Waals surface area contributed by atoms with Crippen LogP contribution < -0.4 is 16.4 Å². The Balaban J connectivity index is 0.000000757. The molecule has 5 rings (SSSR count). The van der Waals surface area contributed by atoms with Gasteiger partial charge < -0.3 is 16.4 Å². The lowest BCUT2D eigenvalue weighted by atomic mass is 9.91. The van der Waals surface area contributed by atoms with Crippen molar-refractivity contribution >= 4 is 23.0 Å². The summed E-state index contributed by atoms with van der Waals surface area (Å²) >= 11 is 0. The number of benzene rings is 2. The predicted molar refractivity (Wildman–Crippen MR) is 205 cm³/mol. The third-order valence-electron chi connectivity index (χ3n) is 8.06. The number of amides is 1. The zero-order valence-electron chi connectivity index (χ0n) is 29.8. The number of carbonyl (C=O) groups is 1. The van der Waals surface area contributed by atoms with Crippen LogP contribution in [0.5, 0.6) is 0 Å². The summed E-state index contributed by atoms with van der Waals surface area (Å²) in [6.45, 7) is 18.9. The highest BCUT2D eigenvalue weighted by atomic mass is 19.1. The summed E-state index contributed by atoms with van der Waals surface area (Å²) in [5, 5.41) is 7.16. The summed E-state index contributed by atoms with van der Waals surface area (Å²) in [5.74, 6) is 1.29. The van der Waals surface area contributed by atoms with Crippen LogP contribution in [0.1, 0.15) is 102 Å². The number of allylic oxidation sites excluding steroid dienone is 1. The van der Waals surface area contributed by atoms with Crippen LogP contribution in [0.3, 0.4) is 0 Å². The van der Waals surface area contributed by atoms with Gasteiger partial charge in [-0.25, -0.2) is 4.39 Å². The first-order chi connectivity index (χ1) is 22.7. The first kappa shape index (κ1) is 41.9. The number of nitrogens with two attached hydrogens (primary N) is 1. The number of aromatic nitrogens is 2. The van der Waals surface area contributed by atoms with Gasteiger partial charge in [-0.15, -0.1) is 0 Å². The van der Waals surface area contributed by atoms with Crippen LogP contribution in [0.15, 0.2) is 66.9 Å². The fourth-order valence-electron chi connectivity index (χ4n) is 4.97. The molecule has 0 aliphatic heterocycles. The van der Waals surface area contributed by atoms with E-state index in [0.717, 1.165) is 64.4 Å². The first-order valence-electron chi connectivity index (χ1n) is 17.1. The summed E-state index contributed by atoms with van der Waals surface area (Å²) in [4.78, 5) is 18.9. The SMILES string of the molecule is C.C/C=C(\NCCc1cc(C(C)CC)c(C)c(-c2ccc(F)cc2)n1)c1cc(C)c2ncccc2c1.CC.CC1CC1.NCCNC=O. The molecule has 1 saturated carbocycles. The molecule has 1 atom stereocenters. The van der Waals surface area contributed by atoms with Gasteiger partial charge in [-0.05, 0) is 110 Å². The highest BCUT2D eigenvalue weighted by molar-refractivity contribution is 5.85. The minimum Gasteiger partial charge on any atom is -0.384 e. The molecule has 2 heterocycles. The Labute approximate surface area is 289 Å². The number of aryl methyl sites for hydroxylation is 1. The van der Waals surface area contributed by atoms with Gasteiger partial charge in [0.2, 0.25) is 6.41 Å². The quantitative estimate of drug-likeness (QED) is 0.110. The van der Waals surface area contributed by atoms with E-state index < -0.39 is 0 Å². The Morgan fingerprint density at radius 3 is 2.29 bits per heavy atom. The number of rotatable bonds is 11. The molecule has 0 bridgehead atoms. The monoisotopic (exact) mass is 657 g/mol. The zero-order chi connectivity index (χ0) is 34.8. The van der Waals surface area contributed by atoms with E-state index in [2.05, 4.69) is 87.5 Å². The van der Waals surface area contributed by atoms with Gasteiger partial charge in [0.15, 0.2) is 0 Å². The molecule has 4 N–H and O–H groups in total. The maximum atomic E-state index is 13.5. The number of nitrogens with zero attached hydrogens (tertiary/aromatic N) is 2. The summed E-state index contributed by atoms with van der Waals surface area (Å²) < 4.78 is 13.5. The van der Waals surface area contributed by atoms with Gasteiger partial charge in [-0.1, -0.05) is 67.0 Å². The smallest absolute Gasteiger partial charge is 0.207 e. The van der Waals surface area contributed by atoms with Gasteiger partial charge in [-0.3, -0.25) is 14.8 Å². The van der Waals surface area contributed by atoms with E-state index in [0.29, 0.717) is 25.4 Å². The zero-order valence-corrected chi connectivity index (χ0v) is 29.8. The van der Waals surface area contributed by atoms with Crippen molar-refractivity contribution in [3.05, 3.63) is 101 Å². The Kier molecular flexibility index (Phi) is 19.6. The van der Waals surface area contributed by atoms with Crippen molar-refractivity contribution in [3.8, 4) is 11.3 Å². The molecule has 1 fully saturated rings. The Morgan fingerprint density at radius 1 is 1.08 bits per heavy atom. The van der Waals surface area contributed by atoms with Gasteiger partial charge in [0.1, 0.15) is 5.82 Å². The molecule has 4 aromatic rings. The number of hydrogen-bond donors (Lipinski definition) is 3. The third kappa shape index (κ3) is 13.2. The van der Waals surface area contributed by atoms with Crippen molar-refractivity contribution in [3.63, 3.8) is 0 Å². The summed E-state index contributed by atoms with van der Waals surface area (Å²) in [6, 6.07) is 17.4. The van der Waals surface area contributed by atoms with Crippen LogP contribution >= 0.6 is 0 Å². The Morgan fingerprint density at radius 2 is 1.75 bits per heavy atom. The average molecular weight is 658 g/mol. The van der Waals surface area contributed by atoms with Crippen molar-refractivity contribution in [1.29, 1.82) is 0 Å². The predicted octanol–water partition coefficient (Wildman–Crippen LogP) is 9.53. The van der Waals surface area contributed by atoms with Crippen molar-refractivity contribution < 1.29 is 9.18 Å². The molecular weight excluding hydrogens is 597 g/mol. The molecule has 0 radical (unpaired) electrons. The second-order valence-electron chi connectivity index (χ2n) is 11.8. The van der Waals surface area contributed by atoms with Crippen LogP contribution in [-0.2, 0) is 11.2 Å². The second kappa shape index (κ2) is 22.5. The molecular formula is C41H60FN5O. The molecule has 48 heavy (non-hydrogen) atoms. The molecule has 1 unspecified atom stereocenters. The van der Waals surface area contributed by atoms with Gasteiger partial charge in [-0.2, -0.15) is 0 Å². The average Bonchev–Trinajstić information content (AvgIpc) is 3.89. The lowest BCUT2D eigenvalue weighted by molar-refractivity contribution is -0.109. The van der Waals surface area contributed by atoms with Gasteiger partial charge >= 0.3 is 0 Å². The van der Waals surface area contributed by atoms with E-state index in [1.54, 1.807) is 0 Å². The van der Waals surface area contributed by atoms with Gasteiger partial charge in [0.25, 0.3) is 0 Å². The summed E-state index contributed by atoms with van der Waals surface area (Å²) in [7, 11) is 0. The molecule has 2 aromatic carbocycles. The number of halogens is 1. The molecule has 0 spiro atoms. The highest BCUT2D eigenvalue weighted by Crippen LogP contribution is 2.31. The topological polar surface area (TPSA) is 92.9 Å².